The van der Waals surface area contributed by atoms with Crippen LogP contribution >= 0.6 is 0 Å². The van der Waals surface area contributed by atoms with Crippen LogP contribution in [0.1, 0.15) is 23.1 Å². The van der Waals surface area contributed by atoms with Crippen molar-refractivity contribution in [1.29, 1.82) is 0 Å². The van der Waals surface area contributed by atoms with Crippen LogP contribution in [0, 0.1) is 0 Å². The van der Waals surface area contributed by atoms with Gasteiger partial charge in [0.2, 0.25) is 5.91 Å². The first-order valence-electron chi connectivity index (χ1n) is 8.20. The van der Waals surface area contributed by atoms with Crippen LogP contribution in [-0.4, -0.2) is 22.9 Å². The SMILES string of the molecule is O=C1Nc2ccccc2CC12CCN2Cc1ccccc1C(F)(F)F. The molecule has 2 aromatic carbocycles. The number of para-hydroxylation sites is 1. The number of likely N-dealkylation sites (tertiary alicyclic amines) is 1. The monoisotopic (exact) mass is 346 g/mol. The van der Waals surface area contributed by atoms with Crippen LogP contribution in [0.3, 0.4) is 0 Å². The predicted octanol–water partition coefficient (Wildman–Crippen LogP) is 3.84. The average Bonchev–Trinajstić information content (AvgIpc) is 2.57. The molecule has 0 aromatic heterocycles. The third-order valence-electron chi connectivity index (χ3n) is 5.26. The standard InChI is InChI=1S/C19H17F3N2O/c20-19(21,22)15-7-3-1-6-14(15)12-24-10-9-18(24)11-13-5-2-4-8-16(13)23-17(18)25/h1-8H,9-12H2,(H,23,25). The predicted molar refractivity (Wildman–Crippen MR) is 88.0 cm³/mol. The van der Waals surface area contributed by atoms with Gasteiger partial charge in [0.05, 0.1) is 5.56 Å². The van der Waals surface area contributed by atoms with Crippen LogP contribution in [0.25, 0.3) is 0 Å². The van der Waals surface area contributed by atoms with Gasteiger partial charge in [0.15, 0.2) is 0 Å². The molecule has 1 saturated heterocycles. The molecule has 0 saturated carbocycles. The van der Waals surface area contributed by atoms with Crippen molar-refractivity contribution >= 4 is 11.6 Å². The molecule has 2 aromatic rings. The Balaban J connectivity index is 1.63. The van der Waals surface area contributed by atoms with Crippen LogP contribution in [-0.2, 0) is 23.9 Å². The van der Waals surface area contributed by atoms with E-state index >= 15 is 0 Å². The molecular formula is C19H17F3N2O. The Morgan fingerprint density at radius 1 is 1.08 bits per heavy atom. The molecule has 4 rings (SSSR count). The molecule has 1 fully saturated rings. The lowest BCUT2D eigenvalue weighted by molar-refractivity contribution is -0.141. The molecule has 1 spiro atoms. The highest BCUT2D eigenvalue weighted by Crippen LogP contribution is 2.42. The van der Waals surface area contributed by atoms with Gasteiger partial charge in [-0.05, 0) is 29.7 Å². The average molecular weight is 346 g/mol. The fourth-order valence-electron chi connectivity index (χ4n) is 3.80. The second kappa shape index (κ2) is 5.59. The van der Waals surface area contributed by atoms with Crippen molar-refractivity contribution in [2.75, 3.05) is 11.9 Å². The summed E-state index contributed by atoms with van der Waals surface area (Å²) in [6.45, 7) is 0.729. The minimum absolute atomic E-state index is 0.116. The van der Waals surface area contributed by atoms with Gasteiger partial charge >= 0.3 is 6.18 Å². The number of nitrogens with one attached hydrogen (secondary N) is 1. The first-order valence-corrected chi connectivity index (χ1v) is 8.20. The molecule has 1 amide bonds. The van der Waals surface area contributed by atoms with Gasteiger partial charge in [0, 0.05) is 25.2 Å². The van der Waals surface area contributed by atoms with E-state index in [-0.39, 0.29) is 18.0 Å². The van der Waals surface area contributed by atoms with E-state index in [4.69, 9.17) is 0 Å². The molecule has 0 radical (unpaired) electrons. The van der Waals surface area contributed by atoms with Crippen LogP contribution in [0.4, 0.5) is 18.9 Å². The fraction of sp³-hybridized carbons (Fsp3) is 0.316. The minimum Gasteiger partial charge on any atom is -0.324 e. The number of hydrogen-bond acceptors (Lipinski definition) is 2. The number of amides is 1. The second-order valence-corrected chi connectivity index (χ2v) is 6.65. The number of benzene rings is 2. The Bertz CT molecular complexity index is 833. The fourth-order valence-corrected chi connectivity index (χ4v) is 3.80. The molecule has 1 N–H and O–H groups in total. The van der Waals surface area contributed by atoms with E-state index in [1.165, 1.54) is 12.1 Å². The molecule has 3 nitrogen and oxygen atoms in total. The topological polar surface area (TPSA) is 32.3 Å². The van der Waals surface area contributed by atoms with Crippen LogP contribution in [0.15, 0.2) is 48.5 Å². The van der Waals surface area contributed by atoms with Gasteiger partial charge in [0.25, 0.3) is 0 Å². The van der Waals surface area contributed by atoms with Gasteiger partial charge in [-0.3, -0.25) is 9.69 Å². The second-order valence-electron chi connectivity index (χ2n) is 6.65. The number of halogens is 3. The Kier molecular flexibility index (Phi) is 3.61. The van der Waals surface area contributed by atoms with Gasteiger partial charge in [0.1, 0.15) is 5.54 Å². The van der Waals surface area contributed by atoms with Gasteiger partial charge in [-0.1, -0.05) is 36.4 Å². The van der Waals surface area contributed by atoms with Crippen molar-refractivity contribution < 1.29 is 18.0 Å². The van der Waals surface area contributed by atoms with Crippen molar-refractivity contribution in [2.24, 2.45) is 0 Å². The molecule has 25 heavy (non-hydrogen) atoms. The van der Waals surface area contributed by atoms with E-state index in [0.29, 0.717) is 19.4 Å². The molecule has 0 aliphatic carbocycles. The molecule has 6 heteroatoms. The number of anilines is 1. The summed E-state index contributed by atoms with van der Waals surface area (Å²) in [6.07, 6.45) is -3.21. The van der Waals surface area contributed by atoms with Crippen molar-refractivity contribution in [1.82, 2.24) is 4.90 Å². The number of carbonyl (C=O) groups is 1. The van der Waals surface area contributed by atoms with Crippen LogP contribution in [0.5, 0.6) is 0 Å². The number of rotatable bonds is 2. The first kappa shape index (κ1) is 16.1. The summed E-state index contributed by atoms with van der Waals surface area (Å²) in [5, 5.41) is 2.91. The lowest BCUT2D eigenvalue weighted by Gasteiger charge is -2.53. The number of hydrogen-bond donors (Lipinski definition) is 1. The van der Waals surface area contributed by atoms with Crippen molar-refractivity contribution in [2.45, 2.75) is 31.1 Å². The maximum absolute atomic E-state index is 13.2. The van der Waals surface area contributed by atoms with Crippen molar-refractivity contribution in [3.63, 3.8) is 0 Å². The largest absolute Gasteiger partial charge is 0.416 e. The maximum atomic E-state index is 13.2. The van der Waals surface area contributed by atoms with E-state index in [0.717, 1.165) is 17.3 Å². The zero-order valence-electron chi connectivity index (χ0n) is 13.4. The summed E-state index contributed by atoms with van der Waals surface area (Å²) >= 11 is 0. The summed E-state index contributed by atoms with van der Waals surface area (Å²) in [5.74, 6) is -0.123. The summed E-state index contributed by atoms with van der Waals surface area (Å²) in [7, 11) is 0. The molecule has 130 valence electrons. The smallest absolute Gasteiger partial charge is 0.324 e. The third kappa shape index (κ3) is 2.61. The molecular weight excluding hydrogens is 329 g/mol. The number of carbonyl (C=O) groups excluding carboxylic acids is 1. The Labute approximate surface area is 143 Å². The zero-order valence-corrected chi connectivity index (χ0v) is 13.4. The third-order valence-corrected chi connectivity index (χ3v) is 5.26. The lowest BCUT2D eigenvalue weighted by atomic mass is 9.75. The molecule has 2 aliphatic rings. The van der Waals surface area contributed by atoms with Crippen LogP contribution in [0.2, 0.25) is 0 Å². The summed E-state index contributed by atoms with van der Waals surface area (Å²) in [5.41, 5.74) is 0.651. The van der Waals surface area contributed by atoms with Crippen molar-refractivity contribution in [3.8, 4) is 0 Å². The highest BCUT2D eigenvalue weighted by molar-refractivity contribution is 6.01. The zero-order chi connectivity index (χ0) is 17.7. The van der Waals surface area contributed by atoms with Crippen LogP contribution < -0.4 is 5.32 Å². The van der Waals surface area contributed by atoms with Gasteiger partial charge in [-0.2, -0.15) is 13.2 Å². The van der Waals surface area contributed by atoms with Gasteiger partial charge in [-0.25, -0.2) is 0 Å². The van der Waals surface area contributed by atoms with E-state index in [9.17, 15) is 18.0 Å². The highest BCUT2D eigenvalue weighted by atomic mass is 19.4. The van der Waals surface area contributed by atoms with Crippen molar-refractivity contribution in [3.05, 3.63) is 65.2 Å². The molecule has 1 atom stereocenters. The molecule has 1 unspecified atom stereocenters. The number of nitrogens with zero attached hydrogens (tertiary/aromatic N) is 1. The van der Waals surface area contributed by atoms with E-state index in [2.05, 4.69) is 5.32 Å². The van der Waals surface area contributed by atoms with E-state index in [1.54, 1.807) is 6.07 Å². The number of fused-ring (bicyclic) bond motifs is 1. The van der Waals surface area contributed by atoms with E-state index < -0.39 is 17.3 Å². The summed E-state index contributed by atoms with van der Waals surface area (Å²) in [6, 6.07) is 13.1. The normalized spacial score (nSPS) is 23.1. The Morgan fingerprint density at radius 3 is 2.52 bits per heavy atom. The summed E-state index contributed by atoms with van der Waals surface area (Å²) in [4.78, 5) is 14.5. The highest BCUT2D eigenvalue weighted by Gasteiger charge is 2.53. The first-order chi connectivity index (χ1) is 11.9. The van der Waals surface area contributed by atoms with Gasteiger partial charge < -0.3 is 5.32 Å². The quantitative estimate of drug-likeness (QED) is 0.896. The molecule has 2 heterocycles. The maximum Gasteiger partial charge on any atom is 0.416 e. The minimum atomic E-state index is -4.39. The summed E-state index contributed by atoms with van der Waals surface area (Å²) < 4.78 is 39.7. The van der Waals surface area contributed by atoms with Gasteiger partial charge in [-0.15, -0.1) is 0 Å². The number of alkyl halides is 3. The molecule has 2 aliphatic heterocycles. The van der Waals surface area contributed by atoms with E-state index in [1.807, 2.05) is 29.2 Å². The Hall–Kier alpha value is -2.34. The molecule has 0 bridgehead atoms. The lowest BCUT2D eigenvalue weighted by Crippen LogP contribution is -2.68. The Morgan fingerprint density at radius 2 is 1.80 bits per heavy atom.